The molecule has 1 heterocycles. The number of nitrogens with one attached hydrogen (secondary N) is 1. The van der Waals surface area contributed by atoms with Crippen molar-refractivity contribution in [3.63, 3.8) is 0 Å². The van der Waals surface area contributed by atoms with Crippen LogP contribution in [0.15, 0.2) is 12.3 Å². The summed E-state index contributed by atoms with van der Waals surface area (Å²) in [5, 5.41) is 3.40. The molecule has 0 aromatic carbocycles. The molecular weight excluding hydrogens is 265 g/mol. The molecule has 118 valence electrons. The molecule has 0 atom stereocenters. The number of nitrogens with zero attached hydrogens (tertiary/aromatic N) is 2. The molecule has 1 N–H and O–H groups in total. The largest absolute Gasteiger partial charge is 0.356 e. The number of hydrogen-bond donors (Lipinski definition) is 1. The summed E-state index contributed by atoms with van der Waals surface area (Å²) in [6, 6.07) is 1.63. The zero-order chi connectivity index (χ0) is 15.2. The molecule has 0 saturated heterocycles. The monoisotopic (exact) mass is 293 g/mol. The highest BCUT2D eigenvalue weighted by Crippen LogP contribution is 2.32. The van der Waals surface area contributed by atoms with E-state index in [-0.39, 0.29) is 5.82 Å². The van der Waals surface area contributed by atoms with E-state index in [2.05, 4.69) is 36.0 Å². The Hall–Kier alpha value is -1.16. The van der Waals surface area contributed by atoms with Crippen molar-refractivity contribution in [3.8, 4) is 0 Å². The van der Waals surface area contributed by atoms with E-state index in [1.54, 1.807) is 6.07 Å². The van der Waals surface area contributed by atoms with Gasteiger partial charge in [0.15, 0.2) is 0 Å². The van der Waals surface area contributed by atoms with Gasteiger partial charge in [0.2, 0.25) is 0 Å². The zero-order valence-corrected chi connectivity index (χ0v) is 13.5. The molecule has 3 nitrogen and oxygen atoms in total. The Morgan fingerprint density at radius 3 is 2.81 bits per heavy atom. The number of halogens is 1. The molecule has 4 heteroatoms. The van der Waals surface area contributed by atoms with E-state index in [0.29, 0.717) is 12.5 Å². The summed E-state index contributed by atoms with van der Waals surface area (Å²) in [6.45, 7) is 10.2. The first-order valence-corrected chi connectivity index (χ1v) is 8.20. The maximum atomic E-state index is 13.5. The van der Waals surface area contributed by atoms with Crippen LogP contribution < -0.4 is 10.2 Å². The fourth-order valence-electron chi connectivity index (χ4n) is 2.55. The maximum absolute atomic E-state index is 13.5. The van der Waals surface area contributed by atoms with Crippen LogP contribution in [0.5, 0.6) is 0 Å². The van der Waals surface area contributed by atoms with Gasteiger partial charge in [-0.15, -0.1) is 0 Å². The van der Waals surface area contributed by atoms with Crippen LogP contribution in [0.3, 0.4) is 0 Å². The molecule has 0 radical (unpaired) electrons. The van der Waals surface area contributed by atoms with E-state index in [4.69, 9.17) is 0 Å². The molecule has 0 aliphatic heterocycles. The number of aromatic nitrogens is 1. The molecule has 1 aromatic heterocycles. The van der Waals surface area contributed by atoms with Gasteiger partial charge in [-0.1, -0.05) is 20.8 Å². The minimum Gasteiger partial charge on any atom is -0.356 e. The third-order valence-corrected chi connectivity index (χ3v) is 3.75. The van der Waals surface area contributed by atoms with Crippen LogP contribution in [0.2, 0.25) is 0 Å². The van der Waals surface area contributed by atoms with Gasteiger partial charge < -0.3 is 10.2 Å². The highest BCUT2D eigenvalue weighted by Gasteiger charge is 2.25. The van der Waals surface area contributed by atoms with Crippen molar-refractivity contribution >= 4 is 5.82 Å². The molecule has 1 saturated carbocycles. The van der Waals surface area contributed by atoms with Crippen molar-refractivity contribution in [3.05, 3.63) is 23.6 Å². The van der Waals surface area contributed by atoms with Gasteiger partial charge in [0.1, 0.15) is 11.6 Å². The smallest absolute Gasteiger partial charge is 0.141 e. The average molecular weight is 293 g/mol. The third-order valence-electron chi connectivity index (χ3n) is 3.75. The van der Waals surface area contributed by atoms with Crippen molar-refractivity contribution in [2.45, 2.75) is 46.6 Å². The highest BCUT2D eigenvalue weighted by molar-refractivity contribution is 5.47. The van der Waals surface area contributed by atoms with E-state index in [0.717, 1.165) is 43.4 Å². The summed E-state index contributed by atoms with van der Waals surface area (Å²) < 4.78 is 13.5. The fourth-order valence-corrected chi connectivity index (χ4v) is 2.55. The van der Waals surface area contributed by atoms with Gasteiger partial charge in [-0.25, -0.2) is 9.37 Å². The maximum Gasteiger partial charge on any atom is 0.141 e. The topological polar surface area (TPSA) is 28.2 Å². The molecular formula is C17H28FN3. The van der Waals surface area contributed by atoms with E-state index in [1.807, 2.05) is 0 Å². The Morgan fingerprint density at radius 2 is 2.19 bits per heavy atom. The Kier molecular flexibility index (Phi) is 5.97. The van der Waals surface area contributed by atoms with Crippen molar-refractivity contribution in [2.75, 3.05) is 24.5 Å². The molecule has 1 aromatic rings. The van der Waals surface area contributed by atoms with E-state index in [9.17, 15) is 4.39 Å². The predicted octanol–water partition coefficient (Wildman–Crippen LogP) is 3.59. The van der Waals surface area contributed by atoms with Crippen LogP contribution >= 0.6 is 0 Å². The summed E-state index contributed by atoms with van der Waals surface area (Å²) in [7, 11) is 0. The second-order valence-electron chi connectivity index (χ2n) is 6.55. The summed E-state index contributed by atoms with van der Waals surface area (Å²) in [6.07, 6.45) is 5.08. The van der Waals surface area contributed by atoms with Gasteiger partial charge in [0.25, 0.3) is 0 Å². The van der Waals surface area contributed by atoms with Crippen LogP contribution in [-0.4, -0.2) is 24.6 Å². The standard InChI is InChI=1S/C17H28FN3/c1-4-7-21(12-14-5-6-14)17-15(8-16(18)11-20-17)10-19-9-13(2)3/h8,11,13-14,19H,4-7,9-10,12H2,1-3H3. The SMILES string of the molecule is CCCN(CC1CC1)c1ncc(F)cc1CNCC(C)C. The first kappa shape index (κ1) is 16.2. The Bertz CT molecular complexity index is 444. The lowest BCUT2D eigenvalue weighted by atomic mass is 10.2. The summed E-state index contributed by atoms with van der Waals surface area (Å²) in [4.78, 5) is 6.72. The lowest BCUT2D eigenvalue weighted by Gasteiger charge is -2.26. The van der Waals surface area contributed by atoms with Crippen LogP contribution in [0.25, 0.3) is 0 Å². The zero-order valence-electron chi connectivity index (χ0n) is 13.5. The van der Waals surface area contributed by atoms with Gasteiger partial charge >= 0.3 is 0 Å². The third kappa shape index (κ3) is 5.27. The van der Waals surface area contributed by atoms with Crippen molar-refractivity contribution < 1.29 is 4.39 Å². The molecule has 2 rings (SSSR count). The average Bonchev–Trinajstić information content (AvgIpc) is 3.22. The second-order valence-corrected chi connectivity index (χ2v) is 6.55. The van der Waals surface area contributed by atoms with Crippen molar-refractivity contribution in [2.24, 2.45) is 11.8 Å². The van der Waals surface area contributed by atoms with Gasteiger partial charge in [0.05, 0.1) is 6.20 Å². The molecule has 0 bridgehead atoms. The normalized spacial score (nSPS) is 14.7. The number of anilines is 1. The van der Waals surface area contributed by atoms with Crippen molar-refractivity contribution in [1.29, 1.82) is 0 Å². The molecule has 0 spiro atoms. The summed E-state index contributed by atoms with van der Waals surface area (Å²) in [5.41, 5.74) is 0.977. The van der Waals surface area contributed by atoms with Gasteiger partial charge in [-0.2, -0.15) is 0 Å². The lowest BCUT2D eigenvalue weighted by molar-refractivity contribution is 0.547. The van der Waals surface area contributed by atoms with Crippen LogP contribution in [0, 0.1) is 17.7 Å². The van der Waals surface area contributed by atoms with Gasteiger partial charge in [-0.3, -0.25) is 0 Å². The van der Waals surface area contributed by atoms with Crippen LogP contribution in [-0.2, 0) is 6.54 Å². The number of rotatable bonds is 9. The highest BCUT2D eigenvalue weighted by atomic mass is 19.1. The molecule has 21 heavy (non-hydrogen) atoms. The minimum absolute atomic E-state index is 0.247. The number of hydrogen-bond acceptors (Lipinski definition) is 3. The van der Waals surface area contributed by atoms with E-state index < -0.39 is 0 Å². The Labute approximate surface area is 127 Å². The molecule has 0 unspecified atom stereocenters. The number of pyridine rings is 1. The Morgan fingerprint density at radius 1 is 1.43 bits per heavy atom. The van der Waals surface area contributed by atoms with E-state index >= 15 is 0 Å². The van der Waals surface area contributed by atoms with Gasteiger partial charge in [0, 0.05) is 25.2 Å². The Balaban J connectivity index is 2.10. The van der Waals surface area contributed by atoms with Gasteiger partial charge in [-0.05, 0) is 43.7 Å². The second kappa shape index (κ2) is 7.74. The summed E-state index contributed by atoms with van der Waals surface area (Å²) >= 11 is 0. The first-order chi connectivity index (χ1) is 10.1. The van der Waals surface area contributed by atoms with Crippen LogP contribution in [0.1, 0.15) is 45.6 Å². The molecule has 1 aliphatic rings. The molecule has 1 aliphatic carbocycles. The predicted molar refractivity (Wildman–Crippen MR) is 86.0 cm³/mol. The fraction of sp³-hybridized carbons (Fsp3) is 0.706. The lowest BCUT2D eigenvalue weighted by Crippen LogP contribution is -2.30. The quantitative estimate of drug-likeness (QED) is 0.754. The van der Waals surface area contributed by atoms with Crippen molar-refractivity contribution in [1.82, 2.24) is 10.3 Å². The summed E-state index contributed by atoms with van der Waals surface area (Å²) in [5.74, 6) is 2.11. The van der Waals surface area contributed by atoms with E-state index in [1.165, 1.54) is 19.0 Å². The molecule has 0 amide bonds. The molecule has 1 fully saturated rings. The van der Waals surface area contributed by atoms with Crippen LogP contribution in [0.4, 0.5) is 10.2 Å². The minimum atomic E-state index is -0.247. The first-order valence-electron chi connectivity index (χ1n) is 8.20.